The normalized spacial score (nSPS) is 18.7. The van der Waals surface area contributed by atoms with Crippen molar-refractivity contribution in [2.24, 2.45) is 7.05 Å². The van der Waals surface area contributed by atoms with Crippen molar-refractivity contribution in [3.05, 3.63) is 28.5 Å². The fraction of sp³-hybridized carbons (Fsp3) is 0.462. The Kier molecular flexibility index (Phi) is 6.12. The third kappa shape index (κ3) is 3.24. The molecule has 1 unspecified atom stereocenters. The van der Waals surface area contributed by atoms with Crippen molar-refractivity contribution in [1.82, 2.24) is 14.9 Å². The average Bonchev–Trinajstić information content (AvgIpc) is 2.67. The summed E-state index contributed by atoms with van der Waals surface area (Å²) in [5.41, 5.74) is 2.42. The molecule has 2 aromatic rings. The molecule has 1 N–H and O–H groups in total. The van der Waals surface area contributed by atoms with E-state index in [2.05, 4.69) is 50.0 Å². The van der Waals surface area contributed by atoms with Crippen LogP contribution in [0, 0.1) is 0 Å². The van der Waals surface area contributed by atoms with Crippen LogP contribution < -0.4 is 5.32 Å². The van der Waals surface area contributed by atoms with Gasteiger partial charge in [-0.3, -0.25) is 0 Å². The molecule has 0 bridgehead atoms. The van der Waals surface area contributed by atoms with Crippen LogP contribution in [0.3, 0.4) is 0 Å². The second-order valence-electron chi connectivity index (χ2n) is 4.70. The lowest BCUT2D eigenvalue weighted by atomic mass is 10.0. The maximum atomic E-state index is 4.48. The first kappa shape index (κ1) is 16.8. The van der Waals surface area contributed by atoms with Crippen molar-refractivity contribution in [3.8, 4) is 0 Å². The van der Waals surface area contributed by atoms with E-state index in [1.54, 1.807) is 0 Å². The van der Waals surface area contributed by atoms with Crippen molar-refractivity contribution in [3.63, 3.8) is 0 Å². The Labute approximate surface area is 134 Å². The summed E-state index contributed by atoms with van der Waals surface area (Å²) in [5, 5.41) is 4.80. The Bertz CT molecular complexity index is 550. The summed E-state index contributed by atoms with van der Waals surface area (Å²) in [6, 6.07) is 4.88. The minimum Gasteiger partial charge on any atom is -0.331 e. The molecule has 1 fully saturated rings. The van der Waals surface area contributed by atoms with Gasteiger partial charge in [0.05, 0.1) is 0 Å². The molecule has 3 nitrogen and oxygen atoms in total. The van der Waals surface area contributed by atoms with Crippen LogP contribution in [0.2, 0.25) is 0 Å². The Morgan fingerprint density at radius 1 is 1.32 bits per heavy atom. The average molecular weight is 367 g/mol. The standard InChI is InChI=1S/C13H16BrN3.2ClH/c1-17-12(11-4-2-3-5-15-11)7-9-6-10(14)8-16-13(9)17;;/h6-8,11,15H,2-5H2,1H3;2*1H. The van der Waals surface area contributed by atoms with Crippen LogP contribution in [0.25, 0.3) is 11.0 Å². The molecule has 2 aromatic heterocycles. The number of piperidine rings is 1. The molecule has 3 rings (SSSR count). The van der Waals surface area contributed by atoms with Crippen molar-refractivity contribution < 1.29 is 0 Å². The molecule has 0 amide bonds. The van der Waals surface area contributed by atoms with Gasteiger partial charge in [-0.1, -0.05) is 6.42 Å². The van der Waals surface area contributed by atoms with Gasteiger partial charge in [0.15, 0.2) is 0 Å². The van der Waals surface area contributed by atoms with Gasteiger partial charge >= 0.3 is 0 Å². The van der Waals surface area contributed by atoms with Gasteiger partial charge < -0.3 is 9.88 Å². The summed E-state index contributed by atoms with van der Waals surface area (Å²) in [4.78, 5) is 4.48. The largest absolute Gasteiger partial charge is 0.331 e. The van der Waals surface area contributed by atoms with E-state index in [4.69, 9.17) is 0 Å². The van der Waals surface area contributed by atoms with Crippen LogP contribution in [0.15, 0.2) is 22.8 Å². The Hall–Kier alpha value is -0.290. The van der Waals surface area contributed by atoms with Gasteiger partial charge in [-0.2, -0.15) is 0 Å². The fourth-order valence-corrected chi connectivity index (χ4v) is 3.00. The lowest BCUT2D eigenvalue weighted by Gasteiger charge is -2.24. The minimum atomic E-state index is 0. The monoisotopic (exact) mass is 365 g/mol. The van der Waals surface area contributed by atoms with Gasteiger partial charge in [0.25, 0.3) is 0 Å². The van der Waals surface area contributed by atoms with Crippen LogP contribution in [0.4, 0.5) is 0 Å². The lowest BCUT2D eigenvalue weighted by molar-refractivity contribution is 0.399. The molecular formula is C13H18BrCl2N3. The Balaban J connectivity index is 0.000000902. The molecule has 0 spiro atoms. The van der Waals surface area contributed by atoms with Gasteiger partial charge in [0, 0.05) is 34.8 Å². The number of hydrogen-bond acceptors (Lipinski definition) is 2. The molecule has 6 heteroatoms. The first-order valence-corrected chi connectivity index (χ1v) is 6.89. The van der Waals surface area contributed by atoms with E-state index < -0.39 is 0 Å². The topological polar surface area (TPSA) is 29.9 Å². The van der Waals surface area contributed by atoms with Gasteiger partial charge in [0.1, 0.15) is 5.65 Å². The van der Waals surface area contributed by atoms with Gasteiger partial charge in [-0.25, -0.2) is 4.98 Å². The van der Waals surface area contributed by atoms with E-state index >= 15 is 0 Å². The highest BCUT2D eigenvalue weighted by Crippen LogP contribution is 2.28. The molecule has 1 aliphatic rings. The molecule has 0 aromatic carbocycles. The smallest absolute Gasteiger partial charge is 0.139 e. The summed E-state index contributed by atoms with van der Waals surface area (Å²) in [7, 11) is 2.11. The second kappa shape index (κ2) is 6.93. The van der Waals surface area contributed by atoms with Crippen molar-refractivity contribution >= 4 is 51.8 Å². The number of aromatic nitrogens is 2. The molecule has 106 valence electrons. The predicted octanol–water partition coefficient (Wildman–Crippen LogP) is 3.99. The Morgan fingerprint density at radius 3 is 2.79 bits per heavy atom. The van der Waals surface area contributed by atoms with E-state index in [0.29, 0.717) is 6.04 Å². The van der Waals surface area contributed by atoms with Crippen LogP contribution >= 0.6 is 40.7 Å². The molecule has 19 heavy (non-hydrogen) atoms. The van der Waals surface area contributed by atoms with Crippen molar-refractivity contribution in [2.45, 2.75) is 25.3 Å². The van der Waals surface area contributed by atoms with Crippen LogP contribution in [0.1, 0.15) is 31.0 Å². The van der Waals surface area contributed by atoms with E-state index in [1.165, 1.54) is 30.3 Å². The zero-order valence-electron chi connectivity index (χ0n) is 10.7. The third-order valence-corrected chi connectivity index (χ3v) is 3.97. The molecule has 0 radical (unpaired) electrons. The zero-order valence-corrected chi connectivity index (χ0v) is 13.9. The molecule has 1 aliphatic heterocycles. The van der Waals surface area contributed by atoms with Crippen molar-refractivity contribution in [2.75, 3.05) is 6.54 Å². The molecule has 1 atom stereocenters. The Morgan fingerprint density at radius 2 is 2.11 bits per heavy atom. The maximum absolute atomic E-state index is 4.48. The number of hydrogen-bond donors (Lipinski definition) is 1. The number of aryl methyl sites for hydroxylation is 1. The molecular weight excluding hydrogens is 349 g/mol. The summed E-state index contributed by atoms with van der Waals surface area (Å²) in [6.07, 6.45) is 5.70. The first-order valence-electron chi connectivity index (χ1n) is 6.10. The highest BCUT2D eigenvalue weighted by Gasteiger charge is 2.19. The number of pyridine rings is 1. The van der Waals surface area contributed by atoms with E-state index in [-0.39, 0.29) is 24.8 Å². The quantitative estimate of drug-likeness (QED) is 0.826. The maximum Gasteiger partial charge on any atom is 0.139 e. The lowest BCUT2D eigenvalue weighted by Crippen LogP contribution is -2.28. The molecule has 1 saturated heterocycles. The minimum absolute atomic E-state index is 0. The SMILES string of the molecule is Cl.Cl.Cn1c(C2CCCCN2)cc2cc(Br)cnc21. The summed E-state index contributed by atoms with van der Waals surface area (Å²) in [6.45, 7) is 1.13. The van der Waals surface area contributed by atoms with Crippen LogP contribution in [0.5, 0.6) is 0 Å². The van der Waals surface area contributed by atoms with Crippen LogP contribution in [-0.4, -0.2) is 16.1 Å². The predicted molar refractivity (Wildman–Crippen MR) is 87.5 cm³/mol. The first-order chi connectivity index (χ1) is 8.25. The van der Waals surface area contributed by atoms with Gasteiger partial charge in [-0.15, -0.1) is 24.8 Å². The number of nitrogens with zero attached hydrogens (tertiary/aromatic N) is 2. The van der Waals surface area contributed by atoms with Crippen molar-refractivity contribution in [1.29, 1.82) is 0 Å². The molecule has 0 aliphatic carbocycles. The number of rotatable bonds is 1. The molecule has 3 heterocycles. The zero-order chi connectivity index (χ0) is 11.8. The number of nitrogens with one attached hydrogen (secondary N) is 1. The van der Waals surface area contributed by atoms with E-state index in [1.807, 2.05) is 6.20 Å². The second-order valence-corrected chi connectivity index (χ2v) is 5.61. The van der Waals surface area contributed by atoms with E-state index in [0.717, 1.165) is 16.7 Å². The summed E-state index contributed by atoms with van der Waals surface area (Å²) >= 11 is 3.47. The summed E-state index contributed by atoms with van der Waals surface area (Å²) in [5.74, 6) is 0. The molecule has 0 saturated carbocycles. The van der Waals surface area contributed by atoms with E-state index in [9.17, 15) is 0 Å². The highest BCUT2D eigenvalue weighted by atomic mass is 79.9. The number of fused-ring (bicyclic) bond motifs is 1. The summed E-state index contributed by atoms with van der Waals surface area (Å²) < 4.78 is 3.25. The van der Waals surface area contributed by atoms with Gasteiger partial charge in [-0.05, 0) is 47.4 Å². The van der Waals surface area contributed by atoms with Gasteiger partial charge in [0.2, 0.25) is 0 Å². The van der Waals surface area contributed by atoms with Crippen LogP contribution in [-0.2, 0) is 7.05 Å². The fourth-order valence-electron chi connectivity index (χ4n) is 2.65. The highest BCUT2D eigenvalue weighted by molar-refractivity contribution is 9.10. The number of halogens is 3. The third-order valence-electron chi connectivity index (χ3n) is 3.54.